The standard InChI is InChI=1S/C64H39N5/c1-2-17-40(18-3-1)64-65-55(41-33-34-62-54(37-41)46-20-5-4-19-45(46)52-26-16-27-53-51-25-10-15-32-61(51)69(62)63(52)53)39-56(66-64)42-35-43(67-57-28-11-6-21-47(57)48-22-7-12-29-58(48)67)38-44(36-42)68-59-30-13-8-23-49(59)50-24-9-14-31-60(50)68/h1-39H. The van der Waals surface area contributed by atoms with Crippen molar-refractivity contribution in [3.05, 3.63) is 237 Å². The molecule has 5 heteroatoms. The van der Waals surface area contributed by atoms with Crippen LogP contribution in [0.3, 0.4) is 0 Å². The summed E-state index contributed by atoms with van der Waals surface area (Å²) in [5.41, 5.74) is 19.7. The predicted octanol–water partition coefficient (Wildman–Crippen LogP) is 16.4. The van der Waals surface area contributed by atoms with Gasteiger partial charge >= 0.3 is 0 Å². The summed E-state index contributed by atoms with van der Waals surface area (Å²) in [5, 5.41) is 7.37. The lowest BCUT2D eigenvalue weighted by atomic mass is 9.92. The zero-order chi connectivity index (χ0) is 45.2. The van der Waals surface area contributed by atoms with E-state index in [0.717, 1.165) is 72.8 Å². The Labute approximate surface area is 397 Å². The molecule has 0 amide bonds. The molecule has 14 aromatic rings. The summed E-state index contributed by atoms with van der Waals surface area (Å²) >= 11 is 0. The van der Waals surface area contributed by atoms with Gasteiger partial charge in [0.2, 0.25) is 0 Å². The Bertz CT molecular complexity index is 4200. The first kappa shape index (κ1) is 37.9. The Morgan fingerprint density at radius 2 is 0.696 bits per heavy atom. The van der Waals surface area contributed by atoms with E-state index in [1.807, 2.05) is 6.07 Å². The third-order valence-electron chi connectivity index (χ3n) is 14.4. The van der Waals surface area contributed by atoms with Crippen molar-refractivity contribution in [3.8, 4) is 73.2 Å². The van der Waals surface area contributed by atoms with E-state index < -0.39 is 0 Å². The number of rotatable bonds is 5. The summed E-state index contributed by atoms with van der Waals surface area (Å²) < 4.78 is 7.29. The second kappa shape index (κ2) is 14.6. The minimum absolute atomic E-state index is 0.671. The van der Waals surface area contributed by atoms with Crippen molar-refractivity contribution < 1.29 is 0 Å². The number of hydrogen-bond acceptors (Lipinski definition) is 2. The highest BCUT2D eigenvalue weighted by molar-refractivity contribution is 6.17. The van der Waals surface area contributed by atoms with Gasteiger partial charge in [-0.15, -0.1) is 0 Å². The van der Waals surface area contributed by atoms with Crippen LogP contribution >= 0.6 is 0 Å². The molecule has 5 nitrogen and oxygen atoms in total. The van der Waals surface area contributed by atoms with Gasteiger partial charge in [0, 0.05) is 71.5 Å². The van der Waals surface area contributed by atoms with Crippen molar-refractivity contribution in [1.82, 2.24) is 23.7 Å². The number of nitrogens with zero attached hydrogens (tertiary/aromatic N) is 5. The first-order chi connectivity index (χ1) is 34.2. The smallest absolute Gasteiger partial charge is 0.160 e. The van der Waals surface area contributed by atoms with Gasteiger partial charge < -0.3 is 13.7 Å². The van der Waals surface area contributed by atoms with Crippen LogP contribution in [0.2, 0.25) is 0 Å². The highest BCUT2D eigenvalue weighted by atomic mass is 15.0. The highest BCUT2D eigenvalue weighted by Crippen LogP contribution is 2.48. The van der Waals surface area contributed by atoms with Crippen LogP contribution in [0.1, 0.15) is 0 Å². The molecule has 0 radical (unpaired) electrons. The Kier molecular flexibility index (Phi) is 8.00. The van der Waals surface area contributed by atoms with Crippen molar-refractivity contribution in [1.29, 1.82) is 0 Å². The second-order valence-corrected chi connectivity index (χ2v) is 18.1. The molecule has 5 heterocycles. The van der Waals surface area contributed by atoms with Gasteiger partial charge in [-0.05, 0) is 77.9 Å². The van der Waals surface area contributed by atoms with Gasteiger partial charge in [0.25, 0.3) is 0 Å². The van der Waals surface area contributed by atoms with E-state index in [1.165, 1.54) is 60.0 Å². The number of aromatic nitrogens is 5. The molecule has 0 atom stereocenters. The monoisotopic (exact) mass is 877 g/mol. The van der Waals surface area contributed by atoms with Crippen LogP contribution in [0.5, 0.6) is 0 Å². The lowest BCUT2D eigenvalue weighted by Gasteiger charge is -2.17. The largest absolute Gasteiger partial charge is 0.309 e. The Morgan fingerprint density at radius 1 is 0.261 bits per heavy atom. The van der Waals surface area contributed by atoms with E-state index >= 15 is 0 Å². The van der Waals surface area contributed by atoms with Crippen LogP contribution in [-0.4, -0.2) is 23.7 Å². The quantitative estimate of drug-likeness (QED) is 0.173. The SMILES string of the molecule is c1ccc(-c2nc(-c3cc(-n4c5ccccc5c5ccccc54)cc(-n4c5ccccc5c5ccccc54)c3)cc(-c3ccc4c(c3)-c3ccccc3-c3cccc5c6ccccc6n-4c35)n2)cc1. The molecule has 0 bridgehead atoms. The first-order valence-corrected chi connectivity index (χ1v) is 23.6. The molecule has 15 rings (SSSR count). The third-order valence-corrected chi connectivity index (χ3v) is 14.4. The molecule has 0 N–H and O–H groups in total. The molecule has 0 aliphatic carbocycles. The van der Waals surface area contributed by atoms with Gasteiger partial charge in [-0.1, -0.05) is 170 Å². The summed E-state index contributed by atoms with van der Waals surface area (Å²) in [7, 11) is 0. The molecule has 0 saturated carbocycles. The van der Waals surface area contributed by atoms with Gasteiger partial charge in [-0.3, -0.25) is 0 Å². The van der Waals surface area contributed by atoms with Crippen molar-refractivity contribution in [2.45, 2.75) is 0 Å². The van der Waals surface area contributed by atoms with Crippen LogP contribution < -0.4 is 0 Å². The van der Waals surface area contributed by atoms with Crippen LogP contribution in [0.15, 0.2) is 237 Å². The van der Waals surface area contributed by atoms with E-state index in [4.69, 9.17) is 9.97 Å². The zero-order valence-corrected chi connectivity index (χ0v) is 37.3. The molecule has 1 aliphatic rings. The van der Waals surface area contributed by atoms with Gasteiger partial charge in [0.05, 0.1) is 50.2 Å². The molecule has 0 unspecified atom stereocenters. The van der Waals surface area contributed by atoms with Crippen LogP contribution in [0.25, 0.3) is 139 Å². The van der Waals surface area contributed by atoms with Gasteiger partial charge in [0.1, 0.15) is 0 Å². The van der Waals surface area contributed by atoms with Crippen LogP contribution in [0, 0.1) is 0 Å². The minimum Gasteiger partial charge on any atom is -0.309 e. The lowest BCUT2D eigenvalue weighted by molar-refractivity contribution is 1.13. The molecule has 69 heavy (non-hydrogen) atoms. The number of benzene rings is 10. The maximum Gasteiger partial charge on any atom is 0.160 e. The summed E-state index contributed by atoms with van der Waals surface area (Å²) in [6.07, 6.45) is 0. The van der Waals surface area contributed by atoms with Crippen LogP contribution in [0.4, 0.5) is 0 Å². The fraction of sp³-hybridized carbons (Fsp3) is 0. The first-order valence-electron chi connectivity index (χ1n) is 23.6. The number of para-hydroxylation sites is 6. The van der Waals surface area contributed by atoms with Crippen LogP contribution in [-0.2, 0) is 0 Å². The normalized spacial score (nSPS) is 12.1. The molecule has 0 spiro atoms. The summed E-state index contributed by atoms with van der Waals surface area (Å²) in [4.78, 5) is 10.9. The Balaban J connectivity index is 1.01. The van der Waals surface area contributed by atoms with Crippen molar-refractivity contribution >= 4 is 65.4 Å². The number of fused-ring (bicyclic) bond motifs is 14. The molecular weight excluding hydrogens is 839 g/mol. The third kappa shape index (κ3) is 5.59. The Hall–Kier alpha value is -9.32. The maximum absolute atomic E-state index is 5.48. The minimum atomic E-state index is 0.671. The fourth-order valence-electron chi connectivity index (χ4n) is 11.4. The molecule has 10 aromatic carbocycles. The highest BCUT2D eigenvalue weighted by Gasteiger charge is 2.25. The summed E-state index contributed by atoms with van der Waals surface area (Å²) in [6.45, 7) is 0. The average Bonchev–Trinajstić information content (AvgIpc) is 4.04. The molecule has 0 saturated heterocycles. The molecule has 4 aromatic heterocycles. The second-order valence-electron chi connectivity index (χ2n) is 18.1. The van der Waals surface area contributed by atoms with Gasteiger partial charge in [-0.25, -0.2) is 9.97 Å². The van der Waals surface area contributed by atoms with Gasteiger partial charge in [-0.2, -0.15) is 0 Å². The maximum atomic E-state index is 5.48. The van der Waals surface area contributed by atoms with Crippen molar-refractivity contribution in [2.75, 3.05) is 0 Å². The van der Waals surface area contributed by atoms with E-state index in [2.05, 4.69) is 244 Å². The molecule has 0 fully saturated rings. The van der Waals surface area contributed by atoms with E-state index in [1.54, 1.807) is 0 Å². The molecule has 1 aliphatic heterocycles. The van der Waals surface area contributed by atoms with Crippen molar-refractivity contribution in [2.24, 2.45) is 0 Å². The van der Waals surface area contributed by atoms with E-state index in [0.29, 0.717) is 5.82 Å². The lowest BCUT2D eigenvalue weighted by Crippen LogP contribution is -2.02. The topological polar surface area (TPSA) is 40.6 Å². The van der Waals surface area contributed by atoms with E-state index in [-0.39, 0.29) is 0 Å². The van der Waals surface area contributed by atoms with E-state index in [9.17, 15) is 0 Å². The summed E-state index contributed by atoms with van der Waals surface area (Å²) in [6, 6.07) is 85.7. The van der Waals surface area contributed by atoms with Crippen molar-refractivity contribution in [3.63, 3.8) is 0 Å². The summed E-state index contributed by atoms with van der Waals surface area (Å²) in [5.74, 6) is 0.671. The molecule has 320 valence electrons. The zero-order valence-electron chi connectivity index (χ0n) is 37.3. The Morgan fingerprint density at radius 3 is 1.26 bits per heavy atom. The fourth-order valence-corrected chi connectivity index (χ4v) is 11.4. The predicted molar refractivity (Wildman–Crippen MR) is 286 cm³/mol. The molecular formula is C64H39N5. The number of hydrogen-bond donors (Lipinski definition) is 0. The van der Waals surface area contributed by atoms with Gasteiger partial charge in [0.15, 0.2) is 5.82 Å². The average molecular weight is 878 g/mol.